The highest BCUT2D eigenvalue weighted by Gasteiger charge is 2.36. The van der Waals surface area contributed by atoms with Gasteiger partial charge in [-0.25, -0.2) is 0 Å². The van der Waals surface area contributed by atoms with E-state index in [0.717, 1.165) is 42.6 Å². The van der Waals surface area contributed by atoms with Crippen molar-refractivity contribution in [2.75, 3.05) is 18.0 Å². The summed E-state index contributed by atoms with van der Waals surface area (Å²) in [5.74, 6) is 0.195. The summed E-state index contributed by atoms with van der Waals surface area (Å²) in [7, 11) is 1.90. The fraction of sp³-hybridized carbons (Fsp3) is 0.433. The molecule has 3 aromatic rings. The van der Waals surface area contributed by atoms with Crippen LogP contribution in [0.3, 0.4) is 0 Å². The molecule has 7 nitrogen and oxygen atoms in total. The predicted octanol–water partition coefficient (Wildman–Crippen LogP) is 4.17. The van der Waals surface area contributed by atoms with Gasteiger partial charge in [-0.05, 0) is 48.4 Å². The van der Waals surface area contributed by atoms with Gasteiger partial charge in [-0.3, -0.25) is 19.2 Å². The molecule has 0 N–H and O–H groups in total. The van der Waals surface area contributed by atoms with Gasteiger partial charge in [-0.1, -0.05) is 48.5 Å². The summed E-state index contributed by atoms with van der Waals surface area (Å²) in [5, 5.41) is 4.25. The Morgan fingerprint density at radius 1 is 0.946 bits per heavy atom. The Balaban J connectivity index is 1.45. The fourth-order valence-corrected chi connectivity index (χ4v) is 5.93. The van der Waals surface area contributed by atoms with E-state index < -0.39 is 0 Å². The third-order valence-corrected chi connectivity index (χ3v) is 7.86. The van der Waals surface area contributed by atoms with E-state index in [0.29, 0.717) is 44.6 Å². The van der Waals surface area contributed by atoms with Crippen molar-refractivity contribution in [1.82, 2.24) is 19.6 Å². The second-order valence-electron chi connectivity index (χ2n) is 10.4. The molecule has 2 amide bonds. The van der Waals surface area contributed by atoms with Crippen LogP contribution in [0, 0.1) is 0 Å². The normalized spacial score (nSPS) is 20.4. The highest BCUT2D eigenvalue weighted by Crippen LogP contribution is 2.32. The molecule has 2 aliphatic rings. The van der Waals surface area contributed by atoms with Crippen molar-refractivity contribution in [2.24, 2.45) is 7.05 Å². The minimum Gasteiger partial charge on any atom is -0.337 e. The van der Waals surface area contributed by atoms with Crippen LogP contribution in [0.15, 0.2) is 67.0 Å². The van der Waals surface area contributed by atoms with Gasteiger partial charge >= 0.3 is 0 Å². The molecule has 37 heavy (non-hydrogen) atoms. The molecule has 2 atom stereocenters. The van der Waals surface area contributed by atoms with E-state index in [4.69, 9.17) is 0 Å². The standard InChI is InChI=1S/C30H37N5O2/c1-23(36)34-17-16-27-13-14-28(35(27)20-24-8-4-3-5-9-24)22-33(21-26-10-6-7-11-29(26)34)30(37)15-12-25-18-31-32(2)19-25/h3-11,18-19,27-28H,12-17,20-22H2,1-2H3/t27-,28+/m0/s1. The molecule has 0 unspecified atom stereocenters. The van der Waals surface area contributed by atoms with E-state index in [-0.39, 0.29) is 11.8 Å². The second-order valence-corrected chi connectivity index (χ2v) is 10.4. The van der Waals surface area contributed by atoms with E-state index in [9.17, 15) is 9.59 Å². The molecule has 5 rings (SSSR count). The number of rotatable bonds is 5. The second kappa shape index (κ2) is 11.3. The Hall–Kier alpha value is -3.45. The molecule has 3 heterocycles. The Bertz CT molecular complexity index is 1220. The third-order valence-electron chi connectivity index (χ3n) is 7.86. The summed E-state index contributed by atoms with van der Waals surface area (Å²) in [6, 6.07) is 19.3. The molecular weight excluding hydrogens is 462 g/mol. The number of aromatic nitrogens is 2. The van der Waals surface area contributed by atoms with Crippen molar-refractivity contribution in [3.8, 4) is 0 Å². The van der Waals surface area contributed by atoms with Crippen molar-refractivity contribution in [3.05, 3.63) is 83.7 Å². The van der Waals surface area contributed by atoms with Crippen LogP contribution in [-0.4, -0.2) is 56.6 Å². The lowest BCUT2D eigenvalue weighted by molar-refractivity contribution is -0.132. The molecule has 0 spiro atoms. The minimum absolute atomic E-state index is 0.0466. The van der Waals surface area contributed by atoms with Crippen molar-refractivity contribution in [2.45, 2.75) is 64.2 Å². The van der Waals surface area contributed by atoms with Gasteiger partial charge in [0, 0.05) is 70.5 Å². The topological polar surface area (TPSA) is 61.7 Å². The maximum Gasteiger partial charge on any atom is 0.223 e. The maximum absolute atomic E-state index is 13.7. The summed E-state index contributed by atoms with van der Waals surface area (Å²) in [4.78, 5) is 33.0. The van der Waals surface area contributed by atoms with E-state index in [1.165, 1.54) is 5.56 Å². The van der Waals surface area contributed by atoms with Crippen molar-refractivity contribution in [1.29, 1.82) is 0 Å². The minimum atomic E-state index is 0.0466. The number of nitrogens with zero attached hydrogens (tertiary/aromatic N) is 5. The number of anilines is 1. The SMILES string of the molecule is CC(=O)N1CC[C@@H]2CC[C@H](CN(C(=O)CCc3cnn(C)c3)Cc3ccccc31)N2Cc1ccccc1. The van der Waals surface area contributed by atoms with Gasteiger partial charge in [0.1, 0.15) is 0 Å². The van der Waals surface area contributed by atoms with E-state index in [1.54, 1.807) is 11.6 Å². The molecule has 1 fully saturated rings. The molecule has 2 aromatic carbocycles. The molecule has 0 radical (unpaired) electrons. The van der Waals surface area contributed by atoms with Crippen LogP contribution >= 0.6 is 0 Å². The van der Waals surface area contributed by atoms with E-state index in [2.05, 4.69) is 46.4 Å². The summed E-state index contributed by atoms with van der Waals surface area (Å²) in [6.45, 7) is 4.40. The maximum atomic E-state index is 13.7. The number of hydrogen-bond acceptors (Lipinski definition) is 4. The summed E-state index contributed by atoms with van der Waals surface area (Å²) >= 11 is 0. The average Bonchev–Trinajstić information content (AvgIpc) is 3.48. The molecule has 194 valence electrons. The van der Waals surface area contributed by atoms with Crippen LogP contribution in [-0.2, 0) is 36.1 Å². The van der Waals surface area contributed by atoms with Crippen LogP contribution in [0.25, 0.3) is 0 Å². The zero-order valence-electron chi connectivity index (χ0n) is 21.9. The van der Waals surface area contributed by atoms with Gasteiger partial charge in [0.05, 0.1) is 6.20 Å². The number of amides is 2. The smallest absolute Gasteiger partial charge is 0.223 e. The largest absolute Gasteiger partial charge is 0.337 e. The van der Waals surface area contributed by atoms with Crippen LogP contribution in [0.4, 0.5) is 5.69 Å². The lowest BCUT2D eigenvalue weighted by Crippen LogP contribution is -2.45. The molecule has 7 heteroatoms. The van der Waals surface area contributed by atoms with Gasteiger partial charge in [-0.15, -0.1) is 0 Å². The first-order valence-electron chi connectivity index (χ1n) is 13.4. The first kappa shape index (κ1) is 25.2. The number of hydrogen-bond donors (Lipinski definition) is 0. The number of carbonyl (C=O) groups is 2. The Morgan fingerprint density at radius 2 is 1.70 bits per heavy atom. The van der Waals surface area contributed by atoms with E-state index >= 15 is 0 Å². The van der Waals surface area contributed by atoms with Crippen LogP contribution < -0.4 is 4.90 Å². The number of benzene rings is 2. The monoisotopic (exact) mass is 499 g/mol. The Labute approximate surface area is 219 Å². The zero-order chi connectivity index (χ0) is 25.8. The molecule has 0 saturated carbocycles. The number of para-hydroxylation sites is 1. The van der Waals surface area contributed by atoms with Gasteiger partial charge < -0.3 is 9.80 Å². The Kier molecular flexibility index (Phi) is 7.70. The first-order valence-corrected chi connectivity index (χ1v) is 13.4. The molecule has 1 saturated heterocycles. The fourth-order valence-electron chi connectivity index (χ4n) is 5.93. The van der Waals surface area contributed by atoms with Gasteiger partial charge in [-0.2, -0.15) is 5.10 Å². The summed E-state index contributed by atoms with van der Waals surface area (Å²) in [6.07, 6.45) is 8.00. The molecule has 2 bridgehead atoms. The quantitative estimate of drug-likeness (QED) is 0.529. The predicted molar refractivity (Wildman–Crippen MR) is 145 cm³/mol. The number of carbonyl (C=O) groups excluding carboxylic acids is 2. The van der Waals surface area contributed by atoms with E-state index in [1.807, 2.05) is 47.4 Å². The van der Waals surface area contributed by atoms with Crippen molar-refractivity contribution >= 4 is 17.5 Å². The van der Waals surface area contributed by atoms with Crippen molar-refractivity contribution < 1.29 is 9.59 Å². The van der Waals surface area contributed by atoms with Crippen molar-refractivity contribution in [3.63, 3.8) is 0 Å². The molecule has 1 aromatic heterocycles. The number of aryl methyl sites for hydroxylation is 2. The molecule has 0 aliphatic carbocycles. The van der Waals surface area contributed by atoms with Gasteiger partial charge in [0.2, 0.25) is 11.8 Å². The zero-order valence-corrected chi connectivity index (χ0v) is 21.9. The van der Waals surface area contributed by atoms with Crippen LogP contribution in [0.1, 0.15) is 49.3 Å². The van der Waals surface area contributed by atoms with Gasteiger partial charge in [0.25, 0.3) is 0 Å². The molecule has 2 aliphatic heterocycles. The third kappa shape index (κ3) is 5.93. The average molecular weight is 500 g/mol. The van der Waals surface area contributed by atoms with Gasteiger partial charge in [0.15, 0.2) is 0 Å². The Morgan fingerprint density at radius 3 is 2.46 bits per heavy atom. The summed E-state index contributed by atoms with van der Waals surface area (Å²) in [5.41, 5.74) is 4.31. The number of fused-ring (bicyclic) bond motifs is 3. The van der Waals surface area contributed by atoms with Crippen LogP contribution in [0.5, 0.6) is 0 Å². The first-order chi connectivity index (χ1) is 18.0. The highest BCUT2D eigenvalue weighted by molar-refractivity contribution is 5.92. The van der Waals surface area contributed by atoms with Crippen LogP contribution in [0.2, 0.25) is 0 Å². The highest BCUT2D eigenvalue weighted by atomic mass is 16.2. The molecular formula is C30H37N5O2. The lowest BCUT2D eigenvalue weighted by Gasteiger charge is -2.34. The summed E-state index contributed by atoms with van der Waals surface area (Å²) < 4.78 is 1.78. The lowest BCUT2D eigenvalue weighted by atomic mass is 10.1.